The average Bonchev–Trinajstić information content (AvgIpc) is 2.42. The lowest BCUT2D eigenvalue weighted by Crippen LogP contribution is -2.33. The van der Waals surface area contributed by atoms with Crippen molar-refractivity contribution in [3.8, 4) is 0 Å². The van der Waals surface area contributed by atoms with Gasteiger partial charge in [0.1, 0.15) is 0 Å². The standard InChI is InChI=1S/C13H20N2O4S/c1-3-13(17)11-5-4-6-12(9-11)20(18,19)15-8-7-14-10(2)16/h4-6,9,13,15,17H,3,7-8H2,1-2H3,(H,14,16). The van der Waals surface area contributed by atoms with Gasteiger partial charge in [0.05, 0.1) is 11.0 Å². The first kappa shape index (κ1) is 16.6. The van der Waals surface area contributed by atoms with Crippen LogP contribution in [0.4, 0.5) is 0 Å². The summed E-state index contributed by atoms with van der Waals surface area (Å²) < 4.78 is 26.5. The minimum Gasteiger partial charge on any atom is -0.388 e. The van der Waals surface area contributed by atoms with Crippen LogP contribution in [0.15, 0.2) is 29.2 Å². The van der Waals surface area contributed by atoms with Gasteiger partial charge in [-0.15, -0.1) is 0 Å². The number of nitrogens with one attached hydrogen (secondary N) is 2. The topological polar surface area (TPSA) is 95.5 Å². The Hall–Kier alpha value is -1.44. The summed E-state index contributed by atoms with van der Waals surface area (Å²) in [5.74, 6) is -0.211. The maximum Gasteiger partial charge on any atom is 0.240 e. The van der Waals surface area contributed by atoms with Gasteiger partial charge in [0.15, 0.2) is 0 Å². The van der Waals surface area contributed by atoms with E-state index in [1.54, 1.807) is 12.1 Å². The van der Waals surface area contributed by atoms with Gasteiger partial charge in [0, 0.05) is 20.0 Å². The van der Waals surface area contributed by atoms with E-state index in [0.717, 1.165) is 0 Å². The number of amides is 1. The second-order valence-electron chi connectivity index (χ2n) is 4.38. The molecule has 1 rings (SSSR count). The van der Waals surface area contributed by atoms with E-state index in [2.05, 4.69) is 10.0 Å². The lowest BCUT2D eigenvalue weighted by molar-refractivity contribution is -0.118. The molecule has 7 heteroatoms. The molecule has 1 aromatic carbocycles. The molecule has 3 N–H and O–H groups in total. The lowest BCUT2D eigenvalue weighted by Gasteiger charge is -2.11. The van der Waals surface area contributed by atoms with E-state index in [4.69, 9.17) is 0 Å². The van der Waals surface area contributed by atoms with E-state index in [-0.39, 0.29) is 23.9 Å². The van der Waals surface area contributed by atoms with Gasteiger partial charge in [-0.25, -0.2) is 13.1 Å². The van der Waals surface area contributed by atoms with Crippen molar-refractivity contribution in [1.29, 1.82) is 0 Å². The van der Waals surface area contributed by atoms with E-state index in [1.165, 1.54) is 19.1 Å². The molecule has 0 aliphatic rings. The van der Waals surface area contributed by atoms with Gasteiger partial charge in [-0.1, -0.05) is 19.1 Å². The maximum absolute atomic E-state index is 12.0. The molecule has 0 aliphatic carbocycles. The van der Waals surface area contributed by atoms with Crippen LogP contribution < -0.4 is 10.0 Å². The largest absolute Gasteiger partial charge is 0.388 e. The van der Waals surface area contributed by atoms with Gasteiger partial charge < -0.3 is 10.4 Å². The van der Waals surface area contributed by atoms with Gasteiger partial charge in [-0.05, 0) is 24.1 Å². The fourth-order valence-corrected chi connectivity index (χ4v) is 2.72. The Bertz CT molecular complexity index is 557. The third-order valence-electron chi connectivity index (χ3n) is 2.73. The lowest BCUT2D eigenvalue weighted by atomic mass is 10.1. The monoisotopic (exact) mass is 300 g/mol. The molecule has 0 radical (unpaired) electrons. The zero-order valence-corrected chi connectivity index (χ0v) is 12.4. The molecule has 0 saturated carbocycles. The minimum absolute atomic E-state index is 0.102. The van der Waals surface area contributed by atoms with Crippen LogP contribution in [-0.4, -0.2) is 32.5 Å². The number of aliphatic hydroxyl groups is 1. The van der Waals surface area contributed by atoms with Gasteiger partial charge >= 0.3 is 0 Å². The molecule has 1 aromatic rings. The number of hydrogen-bond acceptors (Lipinski definition) is 4. The Morgan fingerprint density at radius 1 is 1.35 bits per heavy atom. The van der Waals surface area contributed by atoms with Crippen LogP contribution in [0.5, 0.6) is 0 Å². The second kappa shape index (κ2) is 7.37. The van der Waals surface area contributed by atoms with E-state index in [9.17, 15) is 18.3 Å². The summed E-state index contributed by atoms with van der Waals surface area (Å²) in [6.45, 7) is 3.52. The molecule has 1 atom stereocenters. The highest BCUT2D eigenvalue weighted by Gasteiger charge is 2.15. The van der Waals surface area contributed by atoms with E-state index >= 15 is 0 Å². The molecule has 1 unspecified atom stereocenters. The molecule has 1 amide bonds. The van der Waals surface area contributed by atoms with E-state index in [0.29, 0.717) is 12.0 Å². The molecule has 0 aliphatic heterocycles. The third-order valence-corrected chi connectivity index (χ3v) is 4.19. The highest BCUT2D eigenvalue weighted by molar-refractivity contribution is 7.89. The van der Waals surface area contributed by atoms with Crippen LogP contribution >= 0.6 is 0 Å². The predicted molar refractivity (Wildman–Crippen MR) is 75.6 cm³/mol. The van der Waals surface area contributed by atoms with Crippen molar-refractivity contribution in [2.75, 3.05) is 13.1 Å². The second-order valence-corrected chi connectivity index (χ2v) is 6.14. The summed E-state index contributed by atoms with van der Waals surface area (Å²) in [5, 5.41) is 12.2. The van der Waals surface area contributed by atoms with Crippen molar-refractivity contribution in [3.63, 3.8) is 0 Å². The number of hydrogen-bond donors (Lipinski definition) is 3. The van der Waals surface area contributed by atoms with Gasteiger partial charge in [-0.3, -0.25) is 4.79 Å². The summed E-state index contributed by atoms with van der Waals surface area (Å²) >= 11 is 0. The van der Waals surface area contributed by atoms with Crippen LogP contribution in [0.1, 0.15) is 31.9 Å². The normalized spacial score (nSPS) is 12.9. The van der Waals surface area contributed by atoms with Crippen molar-refractivity contribution in [1.82, 2.24) is 10.0 Å². The van der Waals surface area contributed by atoms with Crippen LogP contribution in [0, 0.1) is 0 Å². The summed E-state index contributed by atoms with van der Waals surface area (Å²) in [5.41, 5.74) is 0.567. The van der Waals surface area contributed by atoms with Crippen LogP contribution in [0.25, 0.3) is 0 Å². The molecule has 0 spiro atoms. The maximum atomic E-state index is 12.0. The van der Waals surface area contributed by atoms with Crippen molar-refractivity contribution in [2.24, 2.45) is 0 Å². The number of aliphatic hydroxyl groups excluding tert-OH is 1. The first-order chi connectivity index (χ1) is 9.36. The summed E-state index contributed by atoms with van der Waals surface area (Å²) in [6.07, 6.45) is -0.163. The van der Waals surface area contributed by atoms with Gasteiger partial charge in [0.25, 0.3) is 0 Å². The number of rotatable bonds is 7. The summed E-state index contributed by atoms with van der Waals surface area (Å²) in [7, 11) is -3.63. The average molecular weight is 300 g/mol. The van der Waals surface area contributed by atoms with Crippen LogP contribution in [0.2, 0.25) is 0 Å². The molecular formula is C13H20N2O4S. The molecule has 0 saturated heterocycles. The molecule has 6 nitrogen and oxygen atoms in total. The van der Waals surface area contributed by atoms with Crippen molar-refractivity contribution in [2.45, 2.75) is 31.3 Å². The summed E-state index contributed by atoms with van der Waals surface area (Å²) in [6, 6.07) is 6.20. The van der Waals surface area contributed by atoms with Crippen LogP contribution in [0.3, 0.4) is 0 Å². The number of benzene rings is 1. The van der Waals surface area contributed by atoms with E-state index < -0.39 is 16.1 Å². The van der Waals surface area contributed by atoms with Crippen molar-refractivity contribution >= 4 is 15.9 Å². The van der Waals surface area contributed by atoms with Gasteiger partial charge in [-0.2, -0.15) is 0 Å². The Balaban J connectivity index is 2.74. The molecular weight excluding hydrogens is 280 g/mol. The van der Waals surface area contributed by atoms with Crippen molar-refractivity contribution in [3.05, 3.63) is 29.8 Å². The first-order valence-electron chi connectivity index (χ1n) is 6.39. The fraction of sp³-hybridized carbons (Fsp3) is 0.462. The molecule has 0 fully saturated rings. The predicted octanol–water partition coefficient (Wildman–Crippen LogP) is 0.544. The quantitative estimate of drug-likeness (QED) is 0.641. The van der Waals surface area contributed by atoms with Gasteiger partial charge in [0.2, 0.25) is 15.9 Å². The zero-order valence-electron chi connectivity index (χ0n) is 11.6. The first-order valence-corrected chi connectivity index (χ1v) is 7.87. The third kappa shape index (κ3) is 4.92. The van der Waals surface area contributed by atoms with Crippen LogP contribution in [-0.2, 0) is 14.8 Å². The summed E-state index contributed by atoms with van der Waals surface area (Å²) in [4.78, 5) is 10.8. The molecule has 0 heterocycles. The Labute approximate surface area is 119 Å². The number of carbonyl (C=O) groups is 1. The zero-order chi connectivity index (χ0) is 15.2. The smallest absolute Gasteiger partial charge is 0.240 e. The Kier molecular flexibility index (Phi) is 6.12. The number of carbonyl (C=O) groups excluding carboxylic acids is 1. The number of sulfonamides is 1. The molecule has 0 aromatic heterocycles. The Morgan fingerprint density at radius 3 is 2.65 bits per heavy atom. The fourth-order valence-electron chi connectivity index (χ4n) is 1.63. The SMILES string of the molecule is CCC(O)c1cccc(S(=O)(=O)NCCNC(C)=O)c1. The highest BCUT2D eigenvalue weighted by atomic mass is 32.2. The van der Waals surface area contributed by atoms with Crippen molar-refractivity contribution < 1.29 is 18.3 Å². The Morgan fingerprint density at radius 2 is 2.05 bits per heavy atom. The minimum atomic E-state index is -3.63. The molecule has 112 valence electrons. The van der Waals surface area contributed by atoms with E-state index in [1.807, 2.05) is 6.92 Å². The molecule has 0 bridgehead atoms. The molecule has 20 heavy (non-hydrogen) atoms. The highest BCUT2D eigenvalue weighted by Crippen LogP contribution is 2.19.